The molecule has 7 nitrogen and oxygen atoms in total. The molecule has 0 aliphatic rings. The van der Waals surface area contributed by atoms with E-state index in [2.05, 4.69) is 20.7 Å². The third kappa shape index (κ3) is 4.62. The fourth-order valence-corrected chi connectivity index (χ4v) is 3.02. The van der Waals surface area contributed by atoms with Crippen LogP contribution in [0.3, 0.4) is 0 Å². The molecule has 144 valence electrons. The first kappa shape index (κ1) is 19.3. The van der Waals surface area contributed by atoms with Crippen LogP contribution in [0.1, 0.15) is 33.7 Å². The summed E-state index contributed by atoms with van der Waals surface area (Å²) in [6.45, 7) is 3.96. The Labute approximate surface area is 163 Å². The number of amides is 2. The number of benzene rings is 1. The first-order valence-electron chi connectivity index (χ1n) is 9.04. The Hall–Kier alpha value is -3.48. The number of hydrogen-bond acceptors (Lipinski definition) is 4. The van der Waals surface area contributed by atoms with Crippen LogP contribution >= 0.6 is 0 Å². The Balaban J connectivity index is 1.59. The molecule has 1 aromatic carbocycles. The molecule has 0 atom stereocenters. The maximum Gasteiger partial charge on any atom is 0.255 e. The van der Waals surface area contributed by atoms with Crippen molar-refractivity contribution in [2.45, 2.75) is 26.7 Å². The van der Waals surface area contributed by atoms with Crippen LogP contribution in [0.4, 0.5) is 11.4 Å². The summed E-state index contributed by atoms with van der Waals surface area (Å²) < 4.78 is 1.83. The number of pyridine rings is 1. The number of rotatable bonds is 6. The number of nitrogens with one attached hydrogen (secondary N) is 2. The van der Waals surface area contributed by atoms with Crippen molar-refractivity contribution < 1.29 is 9.59 Å². The Morgan fingerprint density at radius 3 is 2.36 bits per heavy atom. The molecule has 0 aliphatic carbocycles. The zero-order valence-electron chi connectivity index (χ0n) is 16.2. The number of aromatic nitrogens is 3. The third-order valence-electron chi connectivity index (χ3n) is 4.61. The molecule has 2 amide bonds. The Kier molecular flexibility index (Phi) is 5.84. The van der Waals surface area contributed by atoms with Gasteiger partial charge >= 0.3 is 0 Å². The second-order valence-corrected chi connectivity index (χ2v) is 6.59. The number of carbonyl (C=O) groups is 2. The van der Waals surface area contributed by atoms with Crippen LogP contribution in [0.25, 0.3) is 0 Å². The third-order valence-corrected chi connectivity index (χ3v) is 4.61. The lowest BCUT2D eigenvalue weighted by Gasteiger charge is -2.09. The number of anilines is 2. The van der Waals surface area contributed by atoms with Crippen LogP contribution < -0.4 is 10.6 Å². The molecule has 0 bridgehead atoms. The summed E-state index contributed by atoms with van der Waals surface area (Å²) in [5.74, 6) is -0.311. The van der Waals surface area contributed by atoms with Crippen LogP contribution in [0.2, 0.25) is 0 Å². The van der Waals surface area contributed by atoms with E-state index in [0.29, 0.717) is 29.8 Å². The van der Waals surface area contributed by atoms with E-state index >= 15 is 0 Å². The summed E-state index contributed by atoms with van der Waals surface area (Å²) in [5.41, 5.74) is 4.90. The lowest BCUT2D eigenvalue weighted by Crippen LogP contribution is -2.14. The molecule has 2 heterocycles. The molecule has 0 spiro atoms. The summed E-state index contributed by atoms with van der Waals surface area (Å²) in [7, 11) is 1.90. The van der Waals surface area contributed by atoms with E-state index < -0.39 is 0 Å². The number of carbonyl (C=O) groups excluding carboxylic acids is 2. The maximum atomic E-state index is 12.3. The van der Waals surface area contributed by atoms with Crippen molar-refractivity contribution in [2.24, 2.45) is 7.05 Å². The SMILES string of the molecule is Cc1nn(C)c(C)c1CCC(=O)Nc1cccc(NC(=O)c2ccncc2)c1. The molecule has 2 N–H and O–H groups in total. The molecule has 3 aromatic rings. The maximum absolute atomic E-state index is 12.3. The molecule has 0 radical (unpaired) electrons. The lowest BCUT2D eigenvalue weighted by molar-refractivity contribution is -0.116. The highest BCUT2D eigenvalue weighted by molar-refractivity contribution is 6.04. The predicted octanol–water partition coefficient (Wildman–Crippen LogP) is 3.26. The molecular formula is C21H23N5O2. The Bertz CT molecular complexity index is 995. The van der Waals surface area contributed by atoms with Gasteiger partial charge in [0.25, 0.3) is 5.91 Å². The minimum atomic E-state index is -0.228. The van der Waals surface area contributed by atoms with Gasteiger partial charge in [0.1, 0.15) is 0 Å². The average molecular weight is 377 g/mol. The minimum Gasteiger partial charge on any atom is -0.326 e. The van der Waals surface area contributed by atoms with Crippen molar-refractivity contribution in [2.75, 3.05) is 10.6 Å². The quantitative estimate of drug-likeness (QED) is 0.690. The van der Waals surface area contributed by atoms with Crippen molar-refractivity contribution in [3.8, 4) is 0 Å². The molecule has 0 saturated carbocycles. The Morgan fingerprint density at radius 1 is 1.04 bits per heavy atom. The lowest BCUT2D eigenvalue weighted by atomic mass is 10.1. The smallest absolute Gasteiger partial charge is 0.255 e. The van der Waals surface area contributed by atoms with Gasteiger partial charge in [-0.2, -0.15) is 5.10 Å². The number of hydrogen-bond donors (Lipinski definition) is 2. The summed E-state index contributed by atoms with van der Waals surface area (Å²) in [6.07, 6.45) is 4.13. The van der Waals surface area contributed by atoms with Crippen molar-refractivity contribution in [3.63, 3.8) is 0 Å². The van der Waals surface area contributed by atoms with E-state index in [1.807, 2.05) is 25.6 Å². The predicted molar refractivity (Wildman–Crippen MR) is 108 cm³/mol. The van der Waals surface area contributed by atoms with E-state index in [0.717, 1.165) is 17.0 Å². The van der Waals surface area contributed by atoms with Crippen LogP contribution in [0.5, 0.6) is 0 Å². The normalized spacial score (nSPS) is 10.5. The first-order chi connectivity index (χ1) is 13.4. The highest BCUT2D eigenvalue weighted by Gasteiger charge is 2.12. The standard InChI is InChI=1S/C21H23N5O2/c1-14-19(15(2)26(3)25-14)7-8-20(27)23-17-5-4-6-18(13-17)24-21(28)16-9-11-22-12-10-16/h4-6,9-13H,7-8H2,1-3H3,(H,23,27)(H,24,28). The highest BCUT2D eigenvalue weighted by atomic mass is 16.2. The Morgan fingerprint density at radius 2 is 1.71 bits per heavy atom. The van der Waals surface area contributed by atoms with Crippen molar-refractivity contribution >= 4 is 23.2 Å². The van der Waals surface area contributed by atoms with Gasteiger partial charge in [-0.15, -0.1) is 0 Å². The van der Waals surface area contributed by atoms with Gasteiger partial charge in [-0.25, -0.2) is 0 Å². The van der Waals surface area contributed by atoms with Gasteiger partial charge in [0.15, 0.2) is 0 Å². The zero-order chi connectivity index (χ0) is 20.1. The topological polar surface area (TPSA) is 88.9 Å². The van der Waals surface area contributed by atoms with E-state index in [1.165, 1.54) is 0 Å². The largest absolute Gasteiger partial charge is 0.326 e. The monoisotopic (exact) mass is 377 g/mol. The van der Waals surface area contributed by atoms with Gasteiger partial charge in [0.2, 0.25) is 5.91 Å². The van der Waals surface area contributed by atoms with E-state index in [1.54, 1.807) is 48.8 Å². The van der Waals surface area contributed by atoms with E-state index in [-0.39, 0.29) is 11.8 Å². The second kappa shape index (κ2) is 8.47. The average Bonchev–Trinajstić information content (AvgIpc) is 2.92. The van der Waals surface area contributed by atoms with Gasteiger partial charge < -0.3 is 10.6 Å². The molecule has 3 rings (SSSR count). The molecule has 0 aliphatic heterocycles. The molecule has 0 unspecified atom stereocenters. The van der Waals surface area contributed by atoms with Crippen molar-refractivity contribution in [1.29, 1.82) is 0 Å². The fraction of sp³-hybridized carbons (Fsp3) is 0.238. The summed E-state index contributed by atoms with van der Waals surface area (Å²) in [6, 6.07) is 10.4. The first-order valence-corrected chi connectivity index (χ1v) is 9.04. The van der Waals surface area contributed by atoms with Gasteiger partial charge in [-0.05, 0) is 56.2 Å². The summed E-state index contributed by atoms with van der Waals surface area (Å²) in [4.78, 5) is 28.5. The molecular weight excluding hydrogens is 354 g/mol. The van der Waals surface area contributed by atoms with Crippen LogP contribution in [0.15, 0.2) is 48.8 Å². The van der Waals surface area contributed by atoms with Crippen LogP contribution in [-0.4, -0.2) is 26.6 Å². The molecule has 28 heavy (non-hydrogen) atoms. The van der Waals surface area contributed by atoms with Gasteiger partial charge in [-0.3, -0.25) is 19.3 Å². The minimum absolute atomic E-state index is 0.0831. The van der Waals surface area contributed by atoms with Crippen LogP contribution in [-0.2, 0) is 18.3 Å². The zero-order valence-corrected chi connectivity index (χ0v) is 16.2. The summed E-state index contributed by atoms with van der Waals surface area (Å²) in [5, 5.41) is 10.1. The molecule has 7 heteroatoms. The number of aryl methyl sites for hydroxylation is 2. The second-order valence-electron chi connectivity index (χ2n) is 6.59. The van der Waals surface area contributed by atoms with Crippen molar-refractivity contribution in [3.05, 3.63) is 71.3 Å². The van der Waals surface area contributed by atoms with Crippen molar-refractivity contribution in [1.82, 2.24) is 14.8 Å². The molecule has 0 saturated heterocycles. The van der Waals surface area contributed by atoms with Gasteiger partial charge in [0, 0.05) is 48.5 Å². The van der Waals surface area contributed by atoms with Gasteiger partial charge in [0.05, 0.1) is 5.69 Å². The molecule has 0 fully saturated rings. The van der Waals surface area contributed by atoms with Gasteiger partial charge in [-0.1, -0.05) is 6.07 Å². The summed E-state index contributed by atoms with van der Waals surface area (Å²) >= 11 is 0. The fourth-order valence-electron chi connectivity index (χ4n) is 3.02. The van der Waals surface area contributed by atoms with E-state index in [9.17, 15) is 9.59 Å². The highest BCUT2D eigenvalue weighted by Crippen LogP contribution is 2.18. The number of nitrogens with zero attached hydrogens (tertiary/aromatic N) is 3. The van der Waals surface area contributed by atoms with E-state index in [4.69, 9.17) is 0 Å². The molecule has 2 aromatic heterocycles. The van der Waals surface area contributed by atoms with Crippen LogP contribution in [0, 0.1) is 13.8 Å².